The quantitative estimate of drug-likeness (QED) is 0.725. The van der Waals surface area contributed by atoms with Gasteiger partial charge in [0.1, 0.15) is 11.5 Å². The molecule has 0 aliphatic heterocycles. The van der Waals surface area contributed by atoms with E-state index in [0.29, 0.717) is 18.1 Å². The summed E-state index contributed by atoms with van der Waals surface area (Å²) < 4.78 is 10.0. The van der Waals surface area contributed by atoms with Crippen LogP contribution in [0.1, 0.15) is 12.5 Å². The summed E-state index contributed by atoms with van der Waals surface area (Å²) in [5.41, 5.74) is 0.798. The van der Waals surface area contributed by atoms with E-state index in [4.69, 9.17) is 9.47 Å². The van der Waals surface area contributed by atoms with Crippen LogP contribution in [0.5, 0.6) is 11.6 Å². The van der Waals surface area contributed by atoms with E-state index in [0.717, 1.165) is 5.56 Å². The number of carbonyl (C=O) groups is 1. The number of ether oxygens (including phenoxy) is 2. The number of hydrogen-bond acceptors (Lipinski definition) is 4. The Balaban J connectivity index is 3.01. The van der Waals surface area contributed by atoms with Crippen molar-refractivity contribution >= 4 is 5.78 Å². The summed E-state index contributed by atoms with van der Waals surface area (Å²) in [5, 5.41) is 0. The Labute approximate surface area is 82.9 Å². The summed E-state index contributed by atoms with van der Waals surface area (Å²) in [4.78, 5) is 14.9. The van der Waals surface area contributed by atoms with Crippen molar-refractivity contribution in [1.29, 1.82) is 0 Å². The van der Waals surface area contributed by atoms with Gasteiger partial charge in [-0.3, -0.25) is 4.79 Å². The zero-order chi connectivity index (χ0) is 10.6. The van der Waals surface area contributed by atoms with Crippen LogP contribution in [-0.4, -0.2) is 25.0 Å². The fourth-order valence-electron chi connectivity index (χ4n) is 1.16. The molecule has 0 radical (unpaired) electrons. The Morgan fingerprint density at radius 1 is 1.43 bits per heavy atom. The smallest absolute Gasteiger partial charge is 0.213 e. The number of aromatic nitrogens is 1. The SMILES string of the molecule is COc1cc(CC(C)=O)c(OC)cn1. The van der Waals surface area contributed by atoms with Crippen LogP contribution in [-0.2, 0) is 11.2 Å². The van der Waals surface area contributed by atoms with Gasteiger partial charge in [0.25, 0.3) is 0 Å². The third-order valence-electron chi connectivity index (χ3n) is 1.79. The average Bonchev–Trinajstić information content (AvgIpc) is 2.16. The molecule has 0 amide bonds. The number of nitrogens with zero attached hydrogens (tertiary/aromatic N) is 1. The van der Waals surface area contributed by atoms with Crippen molar-refractivity contribution in [2.75, 3.05) is 14.2 Å². The van der Waals surface area contributed by atoms with Crippen molar-refractivity contribution < 1.29 is 14.3 Å². The Bertz CT molecular complexity index is 336. The average molecular weight is 195 g/mol. The predicted molar refractivity (Wildman–Crippen MR) is 51.7 cm³/mol. The maximum Gasteiger partial charge on any atom is 0.213 e. The van der Waals surface area contributed by atoms with Gasteiger partial charge in [0.2, 0.25) is 5.88 Å². The van der Waals surface area contributed by atoms with Gasteiger partial charge in [-0.1, -0.05) is 0 Å². The molecule has 0 aliphatic rings. The van der Waals surface area contributed by atoms with Gasteiger partial charge in [0, 0.05) is 18.1 Å². The minimum Gasteiger partial charge on any atom is -0.495 e. The van der Waals surface area contributed by atoms with E-state index in [1.54, 1.807) is 19.4 Å². The molecule has 0 atom stereocenters. The second-order valence-electron chi connectivity index (χ2n) is 2.92. The fraction of sp³-hybridized carbons (Fsp3) is 0.400. The molecule has 0 aromatic carbocycles. The maximum absolute atomic E-state index is 11.0. The lowest BCUT2D eigenvalue weighted by Gasteiger charge is -2.07. The monoisotopic (exact) mass is 195 g/mol. The van der Waals surface area contributed by atoms with Crippen molar-refractivity contribution in [1.82, 2.24) is 4.98 Å². The molecule has 14 heavy (non-hydrogen) atoms. The van der Waals surface area contributed by atoms with Crippen LogP contribution in [0.4, 0.5) is 0 Å². The molecule has 1 aromatic rings. The number of ketones is 1. The third kappa shape index (κ3) is 2.45. The van der Waals surface area contributed by atoms with Crippen molar-refractivity contribution in [3.05, 3.63) is 17.8 Å². The van der Waals surface area contributed by atoms with Gasteiger partial charge in [-0.25, -0.2) is 4.98 Å². The second kappa shape index (κ2) is 4.60. The van der Waals surface area contributed by atoms with Gasteiger partial charge < -0.3 is 9.47 Å². The van der Waals surface area contributed by atoms with Gasteiger partial charge >= 0.3 is 0 Å². The lowest BCUT2D eigenvalue weighted by atomic mass is 10.1. The Kier molecular flexibility index (Phi) is 3.45. The van der Waals surface area contributed by atoms with E-state index >= 15 is 0 Å². The predicted octanol–water partition coefficient (Wildman–Crippen LogP) is 1.23. The van der Waals surface area contributed by atoms with Crippen LogP contribution in [0.15, 0.2) is 12.3 Å². The zero-order valence-corrected chi connectivity index (χ0v) is 8.53. The van der Waals surface area contributed by atoms with E-state index < -0.39 is 0 Å². The van der Waals surface area contributed by atoms with Crippen molar-refractivity contribution in [2.45, 2.75) is 13.3 Å². The lowest BCUT2D eigenvalue weighted by molar-refractivity contribution is -0.116. The number of pyridine rings is 1. The molecule has 0 bridgehead atoms. The minimum atomic E-state index is 0.0801. The van der Waals surface area contributed by atoms with Crippen LogP contribution in [0.2, 0.25) is 0 Å². The molecule has 0 saturated carbocycles. The molecule has 0 unspecified atom stereocenters. The van der Waals surface area contributed by atoms with Crippen LogP contribution >= 0.6 is 0 Å². The van der Waals surface area contributed by atoms with Gasteiger partial charge in [0.15, 0.2) is 0 Å². The number of rotatable bonds is 4. The molecular weight excluding hydrogens is 182 g/mol. The first-order valence-electron chi connectivity index (χ1n) is 4.23. The molecule has 4 heteroatoms. The molecule has 1 aromatic heterocycles. The van der Waals surface area contributed by atoms with Crippen LogP contribution in [0.3, 0.4) is 0 Å². The highest BCUT2D eigenvalue weighted by molar-refractivity contribution is 5.79. The molecule has 1 heterocycles. The van der Waals surface area contributed by atoms with E-state index in [1.165, 1.54) is 14.0 Å². The highest BCUT2D eigenvalue weighted by atomic mass is 16.5. The maximum atomic E-state index is 11.0. The van der Waals surface area contributed by atoms with Gasteiger partial charge in [0.05, 0.1) is 20.4 Å². The minimum absolute atomic E-state index is 0.0801. The first-order valence-corrected chi connectivity index (χ1v) is 4.23. The number of methoxy groups -OCH3 is 2. The van der Waals surface area contributed by atoms with E-state index in [2.05, 4.69) is 4.98 Å². The fourth-order valence-corrected chi connectivity index (χ4v) is 1.16. The van der Waals surface area contributed by atoms with Gasteiger partial charge in [-0.15, -0.1) is 0 Å². The standard InChI is InChI=1S/C10H13NO3/c1-7(12)4-8-5-10(14-3)11-6-9(8)13-2/h5-6H,4H2,1-3H3. The third-order valence-corrected chi connectivity index (χ3v) is 1.79. The molecule has 4 nitrogen and oxygen atoms in total. The summed E-state index contributed by atoms with van der Waals surface area (Å²) in [6, 6.07) is 1.71. The molecule has 0 saturated heterocycles. The molecule has 76 valence electrons. The Hall–Kier alpha value is -1.58. The van der Waals surface area contributed by atoms with Gasteiger partial charge in [-0.2, -0.15) is 0 Å². The number of carbonyl (C=O) groups excluding carboxylic acids is 1. The molecule has 0 spiro atoms. The highest BCUT2D eigenvalue weighted by Gasteiger charge is 2.07. The van der Waals surface area contributed by atoms with Gasteiger partial charge in [-0.05, 0) is 6.92 Å². The van der Waals surface area contributed by atoms with Crippen LogP contribution in [0, 0.1) is 0 Å². The van der Waals surface area contributed by atoms with Crippen molar-refractivity contribution in [3.63, 3.8) is 0 Å². The van der Waals surface area contributed by atoms with E-state index in [9.17, 15) is 4.79 Å². The highest BCUT2D eigenvalue weighted by Crippen LogP contribution is 2.21. The second-order valence-corrected chi connectivity index (χ2v) is 2.92. The molecule has 0 fully saturated rings. The largest absolute Gasteiger partial charge is 0.495 e. The van der Waals surface area contributed by atoms with E-state index in [1.807, 2.05) is 0 Å². The van der Waals surface area contributed by atoms with Crippen LogP contribution in [0.25, 0.3) is 0 Å². The van der Waals surface area contributed by atoms with Crippen LogP contribution < -0.4 is 9.47 Å². The summed E-state index contributed by atoms with van der Waals surface area (Å²) in [6.07, 6.45) is 1.89. The summed E-state index contributed by atoms with van der Waals surface area (Å²) in [5.74, 6) is 1.18. The summed E-state index contributed by atoms with van der Waals surface area (Å²) >= 11 is 0. The van der Waals surface area contributed by atoms with Crippen molar-refractivity contribution in [3.8, 4) is 11.6 Å². The lowest BCUT2D eigenvalue weighted by Crippen LogP contribution is -2.01. The first-order chi connectivity index (χ1) is 6.67. The van der Waals surface area contributed by atoms with Crippen molar-refractivity contribution in [2.24, 2.45) is 0 Å². The summed E-state index contributed by atoms with van der Waals surface area (Å²) in [7, 11) is 3.08. The normalized spacial score (nSPS) is 9.64. The Morgan fingerprint density at radius 2 is 2.14 bits per heavy atom. The van der Waals surface area contributed by atoms with E-state index in [-0.39, 0.29) is 5.78 Å². The first kappa shape index (κ1) is 10.5. The molecular formula is C10H13NO3. The number of hydrogen-bond donors (Lipinski definition) is 0. The molecule has 1 rings (SSSR count). The summed E-state index contributed by atoms with van der Waals surface area (Å²) in [6.45, 7) is 1.53. The zero-order valence-electron chi connectivity index (χ0n) is 8.53. The molecule has 0 aliphatic carbocycles. The number of Topliss-reactive ketones (excluding diaryl/α,β-unsaturated/α-hetero) is 1. The Morgan fingerprint density at radius 3 is 2.64 bits per heavy atom. The topological polar surface area (TPSA) is 48.4 Å². The molecule has 0 N–H and O–H groups in total.